The van der Waals surface area contributed by atoms with E-state index >= 15 is 0 Å². The van der Waals surface area contributed by atoms with Crippen LogP contribution in [0.25, 0.3) is 0 Å². The summed E-state index contributed by atoms with van der Waals surface area (Å²) in [5.74, 6) is 0.146. The van der Waals surface area contributed by atoms with E-state index < -0.39 is 0 Å². The summed E-state index contributed by atoms with van der Waals surface area (Å²) in [6.45, 7) is 4.66. The molecule has 0 saturated heterocycles. The molecule has 1 fully saturated rings. The van der Waals surface area contributed by atoms with Crippen LogP contribution in [-0.2, 0) is 9.59 Å². The number of carbonyl (C=O) groups excluding carboxylic acids is 2. The lowest BCUT2D eigenvalue weighted by atomic mass is 9.77. The number of carbonyl (C=O) groups is 2. The van der Waals surface area contributed by atoms with Gasteiger partial charge in [-0.1, -0.05) is 13.3 Å². The van der Waals surface area contributed by atoms with Crippen LogP contribution in [0, 0.1) is 11.8 Å². The van der Waals surface area contributed by atoms with Crippen molar-refractivity contribution in [2.75, 3.05) is 20.1 Å². The van der Waals surface area contributed by atoms with E-state index in [4.69, 9.17) is 5.73 Å². The number of amides is 2. The van der Waals surface area contributed by atoms with Gasteiger partial charge >= 0.3 is 0 Å². The minimum atomic E-state index is -0.136. The van der Waals surface area contributed by atoms with Crippen molar-refractivity contribution in [3.63, 3.8) is 0 Å². The maximum atomic E-state index is 12.4. The molecular formula is C13H25N3O2. The molecule has 0 aromatic carbocycles. The van der Waals surface area contributed by atoms with Crippen molar-refractivity contribution in [2.45, 2.75) is 39.2 Å². The Balaban J connectivity index is 2.67. The average Bonchev–Trinajstić information content (AvgIpc) is 2.38. The Morgan fingerprint density at radius 2 is 2.06 bits per heavy atom. The van der Waals surface area contributed by atoms with Gasteiger partial charge in [-0.25, -0.2) is 0 Å². The van der Waals surface area contributed by atoms with E-state index in [0.717, 1.165) is 19.3 Å². The molecular weight excluding hydrogens is 230 g/mol. The van der Waals surface area contributed by atoms with Gasteiger partial charge in [0.05, 0.1) is 12.5 Å². The summed E-state index contributed by atoms with van der Waals surface area (Å²) in [6, 6.07) is -0.0787. The summed E-state index contributed by atoms with van der Waals surface area (Å²) in [5.41, 5.74) is 6.13. The van der Waals surface area contributed by atoms with Crippen LogP contribution < -0.4 is 11.1 Å². The van der Waals surface area contributed by atoms with Gasteiger partial charge in [-0.3, -0.25) is 9.59 Å². The predicted octanol–water partition coefficient (Wildman–Crippen LogP) is 0.344. The Labute approximate surface area is 109 Å². The molecule has 1 aliphatic carbocycles. The number of nitrogens with two attached hydrogens (primary N) is 1. The van der Waals surface area contributed by atoms with Crippen molar-refractivity contribution in [3.05, 3.63) is 0 Å². The Morgan fingerprint density at radius 3 is 2.61 bits per heavy atom. The molecule has 104 valence electrons. The molecule has 0 aliphatic heterocycles. The number of hydrogen-bond donors (Lipinski definition) is 2. The smallest absolute Gasteiger partial charge is 0.239 e. The lowest BCUT2D eigenvalue weighted by molar-refractivity contribution is -0.141. The normalized spacial score (nSPS) is 27.7. The number of rotatable bonds is 4. The Kier molecular flexibility index (Phi) is 5.59. The summed E-state index contributed by atoms with van der Waals surface area (Å²) in [4.78, 5) is 25.4. The van der Waals surface area contributed by atoms with Crippen LogP contribution in [0.1, 0.15) is 33.1 Å². The largest absolute Gasteiger partial charge is 0.358 e. The summed E-state index contributed by atoms with van der Waals surface area (Å²) >= 11 is 0. The molecule has 0 spiro atoms. The maximum Gasteiger partial charge on any atom is 0.239 e. The van der Waals surface area contributed by atoms with Crippen LogP contribution in [0.5, 0.6) is 0 Å². The zero-order chi connectivity index (χ0) is 13.7. The van der Waals surface area contributed by atoms with Crippen molar-refractivity contribution >= 4 is 11.8 Å². The number of nitrogens with one attached hydrogen (secondary N) is 1. The van der Waals surface area contributed by atoms with Crippen molar-refractivity contribution in [1.82, 2.24) is 10.2 Å². The van der Waals surface area contributed by atoms with Crippen molar-refractivity contribution in [3.8, 4) is 0 Å². The third kappa shape index (κ3) is 3.45. The maximum absolute atomic E-state index is 12.4. The topological polar surface area (TPSA) is 75.4 Å². The van der Waals surface area contributed by atoms with E-state index in [-0.39, 0.29) is 30.3 Å². The summed E-state index contributed by atoms with van der Waals surface area (Å²) < 4.78 is 0. The molecule has 3 atom stereocenters. The number of hydrogen-bond acceptors (Lipinski definition) is 3. The van der Waals surface area contributed by atoms with Gasteiger partial charge in [-0.15, -0.1) is 0 Å². The average molecular weight is 255 g/mol. The van der Waals surface area contributed by atoms with E-state index in [2.05, 4.69) is 12.2 Å². The van der Waals surface area contributed by atoms with Gasteiger partial charge in [0.25, 0.3) is 0 Å². The molecule has 0 bridgehead atoms. The first-order valence-corrected chi connectivity index (χ1v) is 6.76. The predicted molar refractivity (Wildman–Crippen MR) is 70.8 cm³/mol. The molecule has 0 aromatic heterocycles. The highest BCUT2D eigenvalue weighted by atomic mass is 16.2. The molecule has 2 amide bonds. The molecule has 5 nitrogen and oxygen atoms in total. The van der Waals surface area contributed by atoms with Gasteiger partial charge in [-0.05, 0) is 25.7 Å². The minimum absolute atomic E-state index is 0.0279. The standard InChI is InChI=1S/C13H25N3O2/c1-4-16(8-11(17)15-3)13(18)10-7-5-6-9(2)12(10)14/h9-10,12H,4-8,14H2,1-3H3,(H,15,17). The Bertz CT molecular complexity index is 307. The highest BCUT2D eigenvalue weighted by molar-refractivity contribution is 5.86. The van der Waals surface area contributed by atoms with E-state index in [1.165, 1.54) is 0 Å². The van der Waals surface area contributed by atoms with E-state index in [0.29, 0.717) is 12.5 Å². The molecule has 3 unspecified atom stereocenters. The molecule has 0 heterocycles. The molecule has 3 N–H and O–H groups in total. The van der Waals surface area contributed by atoms with E-state index in [1.54, 1.807) is 11.9 Å². The minimum Gasteiger partial charge on any atom is -0.358 e. The van der Waals surface area contributed by atoms with Gasteiger partial charge in [0, 0.05) is 19.6 Å². The second-order valence-electron chi connectivity index (χ2n) is 5.12. The quantitative estimate of drug-likeness (QED) is 0.761. The zero-order valence-electron chi connectivity index (χ0n) is 11.6. The molecule has 1 rings (SSSR count). The summed E-state index contributed by atoms with van der Waals surface area (Å²) in [5, 5.41) is 2.54. The summed E-state index contributed by atoms with van der Waals surface area (Å²) in [7, 11) is 1.58. The van der Waals surface area contributed by atoms with Crippen LogP contribution in [0.2, 0.25) is 0 Å². The van der Waals surface area contributed by atoms with Gasteiger partial charge < -0.3 is 16.0 Å². The second kappa shape index (κ2) is 6.73. The van der Waals surface area contributed by atoms with Crippen molar-refractivity contribution < 1.29 is 9.59 Å². The number of likely N-dealkylation sites (N-methyl/N-ethyl adjacent to an activating group) is 2. The fraction of sp³-hybridized carbons (Fsp3) is 0.846. The van der Waals surface area contributed by atoms with Crippen LogP contribution in [0.3, 0.4) is 0 Å². The van der Waals surface area contributed by atoms with Gasteiger partial charge in [0.15, 0.2) is 0 Å². The first-order chi connectivity index (χ1) is 8.51. The monoisotopic (exact) mass is 255 g/mol. The van der Waals surface area contributed by atoms with Gasteiger partial charge in [0.1, 0.15) is 0 Å². The third-order valence-corrected chi connectivity index (χ3v) is 3.92. The van der Waals surface area contributed by atoms with Crippen LogP contribution >= 0.6 is 0 Å². The fourth-order valence-electron chi connectivity index (χ4n) is 2.56. The molecule has 0 radical (unpaired) electrons. The first kappa shape index (κ1) is 15.0. The van der Waals surface area contributed by atoms with Crippen LogP contribution in [0.4, 0.5) is 0 Å². The molecule has 18 heavy (non-hydrogen) atoms. The van der Waals surface area contributed by atoms with Gasteiger partial charge in [0.2, 0.25) is 11.8 Å². The Hall–Kier alpha value is -1.10. The second-order valence-corrected chi connectivity index (χ2v) is 5.12. The Morgan fingerprint density at radius 1 is 1.39 bits per heavy atom. The highest BCUT2D eigenvalue weighted by Gasteiger charge is 2.35. The SMILES string of the molecule is CCN(CC(=O)NC)C(=O)C1CCCC(C)C1N. The highest BCUT2D eigenvalue weighted by Crippen LogP contribution is 2.29. The van der Waals surface area contributed by atoms with Gasteiger partial charge in [-0.2, -0.15) is 0 Å². The van der Waals surface area contributed by atoms with E-state index in [9.17, 15) is 9.59 Å². The first-order valence-electron chi connectivity index (χ1n) is 6.76. The number of nitrogens with zero attached hydrogens (tertiary/aromatic N) is 1. The third-order valence-electron chi connectivity index (χ3n) is 3.92. The zero-order valence-corrected chi connectivity index (χ0v) is 11.6. The van der Waals surface area contributed by atoms with Crippen LogP contribution in [0.15, 0.2) is 0 Å². The van der Waals surface area contributed by atoms with Crippen molar-refractivity contribution in [2.24, 2.45) is 17.6 Å². The summed E-state index contributed by atoms with van der Waals surface area (Å²) in [6.07, 6.45) is 2.98. The molecule has 5 heteroatoms. The molecule has 1 saturated carbocycles. The fourth-order valence-corrected chi connectivity index (χ4v) is 2.56. The molecule has 0 aromatic rings. The lowest BCUT2D eigenvalue weighted by Gasteiger charge is -2.35. The van der Waals surface area contributed by atoms with E-state index in [1.807, 2.05) is 6.92 Å². The van der Waals surface area contributed by atoms with Crippen molar-refractivity contribution in [1.29, 1.82) is 0 Å². The lowest BCUT2D eigenvalue weighted by Crippen LogP contribution is -2.50. The van der Waals surface area contributed by atoms with Crippen LogP contribution in [-0.4, -0.2) is 42.9 Å². The molecule has 1 aliphatic rings.